The fraction of sp³-hybridized carbons (Fsp3) is 0.182. The first-order valence-electron chi connectivity index (χ1n) is 5.16. The van der Waals surface area contributed by atoms with Crippen molar-refractivity contribution in [3.63, 3.8) is 0 Å². The van der Waals surface area contributed by atoms with Crippen LogP contribution in [0.2, 0.25) is 0 Å². The monoisotopic (exact) mass is 269 g/mol. The maximum absolute atomic E-state index is 10.2. The van der Waals surface area contributed by atoms with Crippen LogP contribution in [0.5, 0.6) is 0 Å². The molecule has 0 saturated carbocycles. The minimum atomic E-state index is -4.61. The average Bonchev–Trinajstić information content (AvgIpc) is 2.82. The van der Waals surface area contributed by atoms with E-state index in [1.54, 1.807) is 29.5 Å². The summed E-state index contributed by atoms with van der Waals surface area (Å²) in [5.74, 6) is 0. The van der Waals surface area contributed by atoms with Crippen molar-refractivity contribution in [3.05, 3.63) is 43.1 Å². The molecule has 2 aromatic rings. The van der Waals surface area contributed by atoms with Crippen molar-refractivity contribution in [1.82, 2.24) is 0 Å². The molecule has 2 aromatic heterocycles. The van der Waals surface area contributed by atoms with Crippen molar-refractivity contribution >= 4 is 10.4 Å². The second-order valence-corrected chi connectivity index (χ2v) is 4.62. The Balaban J connectivity index is 1.96. The molecule has 0 aliphatic rings. The van der Waals surface area contributed by atoms with Gasteiger partial charge in [-0.05, 0) is 11.6 Å². The van der Waals surface area contributed by atoms with Gasteiger partial charge in [-0.2, -0.15) is 0 Å². The molecule has 0 atom stereocenters. The van der Waals surface area contributed by atoms with Crippen LogP contribution in [0.1, 0.15) is 0 Å². The van der Waals surface area contributed by atoms with E-state index in [1.165, 1.54) is 0 Å². The van der Waals surface area contributed by atoms with E-state index in [2.05, 4.69) is 4.18 Å². The number of hydrogen-bond donors (Lipinski definition) is 0. The predicted molar refractivity (Wildman–Crippen MR) is 60.0 cm³/mol. The largest absolute Gasteiger partial charge is 0.726 e. The zero-order chi connectivity index (χ0) is 13.0. The van der Waals surface area contributed by atoms with Crippen LogP contribution in [0, 0.1) is 0 Å². The lowest BCUT2D eigenvalue weighted by Crippen LogP contribution is -2.35. The topological polar surface area (TPSA) is 83.5 Å². The molecule has 2 rings (SSSR count). The molecule has 18 heavy (non-hydrogen) atoms. The lowest BCUT2D eigenvalue weighted by molar-refractivity contribution is -0.697. The number of furan rings is 1. The van der Waals surface area contributed by atoms with Gasteiger partial charge in [0.25, 0.3) is 0 Å². The van der Waals surface area contributed by atoms with Gasteiger partial charge in [0, 0.05) is 17.7 Å². The second-order valence-electron chi connectivity index (χ2n) is 3.57. The molecular formula is C11H11NO5S. The number of aromatic nitrogens is 1. The van der Waals surface area contributed by atoms with Gasteiger partial charge < -0.3 is 8.97 Å². The summed E-state index contributed by atoms with van der Waals surface area (Å²) >= 11 is 0. The Kier molecular flexibility index (Phi) is 3.75. The Bertz CT molecular complexity index is 589. The SMILES string of the molecule is O=S(=O)([O-])OCC[n+]1ccc(-c2ccoc2)cc1. The molecule has 7 heteroatoms. The van der Waals surface area contributed by atoms with E-state index in [0.717, 1.165) is 11.1 Å². The first-order valence-corrected chi connectivity index (χ1v) is 6.50. The summed E-state index contributed by atoms with van der Waals surface area (Å²) in [6, 6.07) is 5.56. The molecule has 0 unspecified atom stereocenters. The standard InChI is InChI=1S/C11H11NO5S/c13-18(14,15)17-8-6-12-4-1-10(2-5-12)11-3-7-16-9-11/h1-5,7,9H,6,8H2. The Morgan fingerprint density at radius 1 is 1.22 bits per heavy atom. The van der Waals surface area contributed by atoms with Crippen LogP contribution in [-0.2, 0) is 21.1 Å². The van der Waals surface area contributed by atoms with Gasteiger partial charge in [-0.15, -0.1) is 0 Å². The lowest BCUT2D eigenvalue weighted by Gasteiger charge is -2.05. The van der Waals surface area contributed by atoms with Crippen molar-refractivity contribution in [1.29, 1.82) is 0 Å². The highest BCUT2D eigenvalue weighted by atomic mass is 32.3. The van der Waals surface area contributed by atoms with Crippen molar-refractivity contribution in [2.45, 2.75) is 6.54 Å². The number of nitrogens with zero attached hydrogens (tertiary/aromatic N) is 1. The molecule has 0 N–H and O–H groups in total. The molecular weight excluding hydrogens is 258 g/mol. The quantitative estimate of drug-likeness (QED) is 0.453. The summed E-state index contributed by atoms with van der Waals surface area (Å²) in [6.07, 6.45) is 6.75. The van der Waals surface area contributed by atoms with E-state index in [4.69, 9.17) is 4.42 Å². The van der Waals surface area contributed by atoms with Crippen molar-refractivity contribution in [2.24, 2.45) is 0 Å². The minimum Gasteiger partial charge on any atom is -0.726 e. The fourth-order valence-electron chi connectivity index (χ4n) is 1.47. The molecule has 0 radical (unpaired) electrons. The maximum atomic E-state index is 10.2. The van der Waals surface area contributed by atoms with Gasteiger partial charge in [0.15, 0.2) is 18.9 Å². The molecule has 0 aliphatic carbocycles. The van der Waals surface area contributed by atoms with Crippen molar-refractivity contribution in [2.75, 3.05) is 6.61 Å². The molecule has 0 aromatic carbocycles. The Hall–Kier alpha value is -1.70. The summed E-state index contributed by atoms with van der Waals surface area (Å²) < 4.78 is 41.5. The molecule has 0 saturated heterocycles. The van der Waals surface area contributed by atoms with Gasteiger partial charge in [-0.3, -0.25) is 4.18 Å². The first-order chi connectivity index (χ1) is 8.54. The van der Waals surface area contributed by atoms with E-state index < -0.39 is 10.4 Å². The first kappa shape index (κ1) is 12.7. The smallest absolute Gasteiger partial charge is 0.217 e. The molecule has 0 spiro atoms. The zero-order valence-electron chi connectivity index (χ0n) is 9.35. The highest BCUT2D eigenvalue weighted by molar-refractivity contribution is 7.80. The van der Waals surface area contributed by atoms with E-state index in [1.807, 2.05) is 18.2 Å². The van der Waals surface area contributed by atoms with Crippen molar-refractivity contribution in [3.8, 4) is 11.1 Å². The van der Waals surface area contributed by atoms with E-state index in [0.29, 0.717) is 0 Å². The number of hydrogen-bond acceptors (Lipinski definition) is 5. The zero-order valence-corrected chi connectivity index (χ0v) is 10.2. The molecule has 0 amide bonds. The third-order valence-corrected chi connectivity index (χ3v) is 2.78. The summed E-state index contributed by atoms with van der Waals surface area (Å²) in [6.45, 7) is 0.106. The van der Waals surface area contributed by atoms with Crippen LogP contribution in [0.25, 0.3) is 11.1 Å². The molecule has 2 heterocycles. The van der Waals surface area contributed by atoms with E-state index >= 15 is 0 Å². The van der Waals surface area contributed by atoms with Gasteiger partial charge in [0.2, 0.25) is 10.4 Å². The third-order valence-electron chi connectivity index (χ3n) is 2.32. The lowest BCUT2D eigenvalue weighted by atomic mass is 10.1. The minimum absolute atomic E-state index is 0.179. The van der Waals surface area contributed by atoms with E-state index in [-0.39, 0.29) is 13.2 Å². The highest BCUT2D eigenvalue weighted by Crippen LogP contribution is 2.17. The summed E-state index contributed by atoms with van der Waals surface area (Å²) in [7, 11) is -4.61. The van der Waals surface area contributed by atoms with Gasteiger partial charge in [0.1, 0.15) is 6.61 Å². The van der Waals surface area contributed by atoms with Crippen LogP contribution in [-0.4, -0.2) is 19.6 Å². The summed E-state index contributed by atoms with van der Waals surface area (Å²) in [5.41, 5.74) is 1.94. The second kappa shape index (κ2) is 5.30. The Labute approximate surface area is 104 Å². The Morgan fingerprint density at radius 3 is 2.50 bits per heavy atom. The fourth-order valence-corrected chi connectivity index (χ4v) is 1.75. The third kappa shape index (κ3) is 3.66. The molecule has 6 nitrogen and oxygen atoms in total. The average molecular weight is 269 g/mol. The Morgan fingerprint density at radius 2 is 1.94 bits per heavy atom. The van der Waals surface area contributed by atoms with Gasteiger partial charge in [-0.1, -0.05) is 0 Å². The van der Waals surface area contributed by atoms with E-state index in [9.17, 15) is 13.0 Å². The van der Waals surface area contributed by atoms with Gasteiger partial charge >= 0.3 is 0 Å². The predicted octanol–water partition coefficient (Wildman–Crippen LogP) is 0.711. The number of rotatable bonds is 5. The molecule has 0 aliphatic heterocycles. The normalized spacial score (nSPS) is 11.6. The van der Waals surface area contributed by atoms with Crippen LogP contribution in [0.3, 0.4) is 0 Å². The highest BCUT2D eigenvalue weighted by Gasteiger charge is 2.04. The number of pyridine rings is 1. The summed E-state index contributed by atoms with van der Waals surface area (Å²) in [5, 5.41) is 0. The molecule has 0 bridgehead atoms. The van der Waals surface area contributed by atoms with Crippen LogP contribution >= 0.6 is 0 Å². The van der Waals surface area contributed by atoms with Crippen LogP contribution < -0.4 is 4.57 Å². The van der Waals surface area contributed by atoms with Crippen LogP contribution in [0.15, 0.2) is 47.5 Å². The van der Waals surface area contributed by atoms with Crippen LogP contribution in [0.4, 0.5) is 0 Å². The van der Waals surface area contributed by atoms with Gasteiger partial charge in [-0.25, -0.2) is 13.0 Å². The molecule has 0 fully saturated rings. The molecule has 96 valence electrons. The van der Waals surface area contributed by atoms with Crippen molar-refractivity contribution < 1.29 is 26.1 Å². The summed E-state index contributed by atoms with van der Waals surface area (Å²) in [4.78, 5) is 0. The van der Waals surface area contributed by atoms with Gasteiger partial charge in [0.05, 0.1) is 12.5 Å². The maximum Gasteiger partial charge on any atom is 0.217 e.